The number of hydrogen-bond donors (Lipinski definition) is 1. The van der Waals surface area contributed by atoms with Crippen molar-refractivity contribution < 1.29 is 0 Å². The van der Waals surface area contributed by atoms with Gasteiger partial charge in [-0.25, -0.2) is 9.97 Å². The number of aromatic amines is 1. The molecule has 6 heteroatoms. The molecule has 0 aliphatic carbocycles. The number of H-pyrrole nitrogens is 1. The Kier molecular flexibility index (Phi) is 5.62. The highest BCUT2D eigenvalue weighted by Crippen LogP contribution is 2.29. The van der Waals surface area contributed by atoms with E-state index in [9.17, 15) is 10.1 Å². The van der Waals surface area contributed by atoms with E-state index in [0.717, 1.165) is 33.4 Å². The molecule has 0 fully saturated rings. The van der Waals surface area contributed by atoms with Crippen molar-refractivity contribution in [2.75, 3.05) is 0 Å². The largest absolute Gasteiger partial charge is 0.327 e. The second kappa shape index (κ2) is 8.53. The summed E-state index contributed by atoms with van der Waals surface area (Å²) in [5.41, 5.74) is 3.64. The molecule has 1 atom stereocenters. The van der Waals surface area contributed by atoms with Gasteiger partial charge in [-0.2, -0.15) is 5.26 Å². The summed E-state index contributed by atoms with van der Waals surface area (Å²) in [5.74, 6) is 6.14. The highest BCUT2D eigenvalue weighted by Gasteiger charge is 2.28. The minimum atomic E-state index is -0.810. The molecule has 0 aliphatic heterocycles. The lowest BCUT2D eigenvalue weighted by atomic mass is 9.79. The summed E-state index contributed by atoms with van der Waals surface area (Å²) >= 11 is 0. The number of nitriles is 1. The predicted octanol–water partition coefficient (Wildman–Crippen LogP) is 3.64. The number of nitrogens with zero attached hydrogens (tertiary/aromatic N) is 4. The van der Waals surface area contributed by atoms with E-state index in [1.807, 2.05) is 67.9 Å². The third kappa shape index (κ3) is 4.17. The van der Waals surface area contributed by atoms with Crippen LogP contribution < -0.4 is 5.56 Å². The van der Waals surface area contributed by atoms with Crippen LogP contribution in [0.1, 0.15) is 42.1 Å². The van der Waals surface area contributed by atoms with Gasteiger partial charge in [-0.1, -0.05) is 25.1 Å². The normalized spacial score (nSPS) is 12.6. The number of nitrogens with one attached hydrogen (secondary N) is 1. The number of imidazole rings is 1. The standard InChI is InChI=1S/C26H23N5O/c1-4-18-12-19-8-9-20(13-24(19)30-25(18)32)26(2,16-27)14-22-7-5-6-21(29-22)10-11-23-15-28-17-31(23)3/h5-9,12-13,15,17H,4,14H2,1-3H3,(H,30,32). The molecule has 1 N–H and O–H groups in total. The number of rotatable bonds is 4. The maximum atomic E-state index is 12.2. The fourth-order valence-corrected chi connectivity index (χ4v) is 3.67. The molecule has 3 heterocycles. The van der Waals surface area contributed by atoms with Crippen LogP contribution in [-0.4, -0.2) is 19.5 Å². The average Bonchev–Trinajstić information content (AvgIpc) is 3.21. The van der Waals surface area contributed by atoms with E-state index >= 15 is 0 Å². The number of benzene rings is 1. The molecule has 3 aromatic heterocycles. The number of hydrogen-bond acceptors (Lipinski definition) is 4. The van der Waals surface area contributed by atoms with E-state index in [0.29, 0.717) is 18.5 Å². The fourth-order valence-electron chi connectivity index (χ4n) is 3.67. The van der Waals surface area contributed by atoms with Crippen LogP contribution in [0.25, 0.3) is 10.9 Å². The summed E-state index contributed by atoms with van der Waals surface area (Å²) in [4.78, 5) is 23.9. The van der Waals surface area contributed by atoms with Crippen molar-refractivity contribution in [3.05, 3.63) is 93.6 Å². The first-order valence-corrected chi connectivity index (χ1v) is 10.4. The second-order valence-corrected chi connectivity index (χ2v) is 8.05. The van der Waals surface area contributed by atoms with Gasteiger partial charge in [0.1, 0.15) is 11.4 Å². The Morgan fingerprint density at radius 3 is 2.75 bits per heavy atom. The lowest BCUT2D eigenvalue weighted by Crippen LogP contribution is -2.24. The summed E-state index contributed by atoms with van der Waals surface area (Å²) < 4.78 is 1.84. The first kappa shape index (κ1) is 21.1. The third-order valence-electron chi connectivity index (χ3n) is 5.66. The van der Waals surface area contributed by atoms with Crippen LogP contribution in [0.3, 0.4) is 0 Å². The fraction of sp³-hybridized carbons (Fsp3) is 0.231. The number of fused-ring (bicyclic) bond motifs is 1. The van der Waals surface area contributed by atoms with Gasteiger partial charge in [0, 0.05) is 30.2 Å². The van der Waals surface area contributed by atoms with E-state index in [-0.39, 0.29) is 5.56 Å². The topological polar surface area (TPSA) is 87.4 Å². The average molecular weight is 422 g/mol. The van der Waals surface area contributed by atoms with Crippen LogP contribution in [0.15, 0.2) is 59.8 Å². The van der Waals surface area contributed by atoms with Gasteiger partial charge in [0.15, 0.2) is 0 Å². The van der Waals surface area contributed by atoms with Crippen molar-refractivity contribution >= 4 is 10.9 Å². The van der Waals surface area contributed by atoms with Crippen molar-refractivity contribution in [2.24, 2.45) is 7.05 Å². The van der Waals surface area contributed by atoms with Crippen molar-refractivity contribution in [3.8, 4) is 17.9 Å². The van der Waals surface area contributed by atoms with Gasteiger partial charge in [-0.05, 0) is 60.4 Å². The maximum absolute atomic E-state index is 12.2. The van der Waals surface area contributed by atoms with Crippen molar-refractivity contribution in [3.63, 3.8) is 0 Å². The zero-order valence-corrected chi connectivity index (χ0v) is 18.3. The Morgan fingerprint density at radius 1 is 1.19 bits per heavy atom. The maximum Gasteiger partial charge on any atom is 0.251 e. The summed E-state index contributed by atoms with van der Waals surface area (Å²) in [6.45, 7) is 3.85. The van der Waals surface area contributed by atoms with Gasteiger partial charge in [0.05, 0.1) is 24.0 Å². The molecule has 6 nitrogen and oxygen atoms in total. The van der Waals surface area contributed by atoms with Gasteiger partial charge >= 0.3 is 0 Å². The number of pyridine rings is 2. The summed E-state index contributed by atoms with van der Waals surface area (Å²) in [5, 5.41) is 11.0. The van der Waals surface area contributed by atoms with Gasteiger partial charge < -0.3 is 9.55 Å². The lowest BCUT2D eigenvalue weighted by Gasteiger charge is -2.22. The molecule has 1 unspecified atom stereocenters. The third-order valence-corrected chi connectivity index (χ3v) is 5.66. The molecule has 4 aromatic rings. The van der Waals surface area contributed by atoms with Crippen LogP contribution >= 0.6 is 0 Å². The van der Waals surface area contributed by atoms with Crippen LogP contribution in [0.2, 0.25) is 0 Å². The smallest absolute Gasteiger partial charge is 0.251 e. The molecule has 32 heavy (non-hydrogen) atoms. The number of aryl methyl sites for hydroxylation is 2. The lowest BCUT2D eigenvalue weighted by molar-refractivity contribution is 0.597. The summed E-state index contributed by atoms with van der Waals surface area (Å²) in [6, 6.07) is 15.8. The van der Waals surface area contributed by atoms with Crippen LogP contribution in [-0.2, 0) is 25.3 Å². The van der Waals surface area contributed by atoms with E-state index in [1.54, 1.807) is 12.5 Å². The Bertz CT molecular complexity index is 1460. The molecule has 0 aliphatic rings. The van der Waals surface area contributed by atoms with Gasteiger partial charge in [-0.3, -0.25) is 4.79 Å². The molecule has 0 radical (unpaired) electrons. The van der Waals surface area contributed by atoms with Crippen LogP contribution in [0.5, 0.6) is 0 Å². The highest BCUT2D eigenvalue weighted by molar-refractivity contribution is 5.80. The SMILES string of the molecule is CCc1cc2ccc(C(C)(C#N)Cc3cccc(C#Cc4cncn4C)n3)cc2[nH]c1=O. The van der Waals surface area contributed by atoms with E-state index in [1.165, 1.54) is 0 Å². The van der Waals surface area contributed by atoms with Crippen LogP contribution in [0, 0.1) is 23.2 Å². The van der Waals surface area contributed by atoms with Crippen molar-refractivity contribution in [1.82, 2.24) is 19.5 Å². The molecule has 158 valence electrons. The predicted molar refractivity (Wildman–Crippen MR) is 124 cm³/mol. The summed E-state index contributed by atoms with van der Waals surface area (Å²) in [6.07, 6.45) is 4.51. The van der Waals surface area contributed by atoms with E-state index in [2.05, 4.69) is 32.9 Å². The quantitative estimate of drug-likeness (QED) is 0.510. The molecule has 1 aromatic carbocycles. The minimum Gasteiger partial charge on any atom is -0.327 e. The molecule has 0 bridgehead atoms. The zero-order chi connectivity index (χ0) is 22.7. The summed E-state index contributed by atoms with van der Waals surface area (Å²) in [7, 11) is 1.89. The van der Waals surface area contributed by atoms with Crippen molar-refractivity contribution in [1.29, 1.82) is 5.26 Å². The minimum absolute atomic E-state index is 0.0859. The number of aromatic nitrogens is 4. The Labute approximate surface area is 186 Å². The molecule has 4 rings (SSSR count). The molecule has 0 saturated heterocycles. The second-order valence-electron chi connectivity index (χ2n) is 8.05. The monoisotopic (exact) mass is 421 g/mol. The first-order chi connectivity index (χ1) is 15.4. The Hall–Kier alpha value is -4.16. The highest BCUT2D eigenvalue weighted by atomic mass is 16.1. The van der Waals surface area contributed by atoms with Crippen LogP contribution in [0.4, 0.5) is 0 Å². The molecular weight excluding hydrogens is 398 g/mol. The van der Waals surface area contributed by atoms with Crippen molar-refractivity contribution in [2.45, 2.75) is 32.1 Å². The molecule has 0 amide bonds. The Morgan fingerprint density at radius 2 is 2.03 bits per heavy atom. The Balaban J connectivity index is 1.65. The first-order valence-electron chi connectivity index (χ1n) is 10.4. The molecular formula is C26H23N5O. The van der Waals surface area contributed by atoms with Gasteiger partial charge in [-0.15, -0.1) is 0 Å². The molecule has 0 saturated carbocycles. The molecule has 0 spiro atoms. The van der Waals surface area contributed by atoms with Gasteiger partial charge in [0.25, 0.3) is 5.56 Å². The van der Waals surface area contributed by atoms with Gasteiger partial charge in [0.2, 0.25) is 0 Å². The zero-order valence-electron chi connectivity index (χ0n) is 18.3. The van der Waals surface area contributed by atoms with E-state index < -0.39 is 5.41 Å². The van der Waals surface area contributed by atoms with E-state index in [4.69, 9.17) is 0 Å².